The highest BCUT2D eigenvalue weighted by atomic mass is 31.2. The van der Waals surface area contributed by atoms with Crippen molar-refractivity contribution in [2.24, 2.45) is 0 Å². The Morgan fingerprint density at radius 2 is 0.958 bits per heavy atom. The Morgan fingerprint density at radius 1 is 0.479 bits per heavy atom. The minimum Gasteiger partial charge on any atom is -0.309 e. The number of nitrogens with zero attached hydrogens (tertiary/aromatic N) is 1. The van der Waals surface area contributed by atoms with Crippen molar-refractivity contribution in [2.75, 3.05) is 0 Å². The normalized spacial score (nSPS) is 12.0. The lowest BCUT2D eigenvalue weighted by atomic mass is 9.91. The summed E-state index contributed by atoms with van der Waals surface area (Å²) in [6, 6.07) is 50.9. The summed E-state index contributed by atoms with van der Waals surface area (Å²) in [7, 11) is -3.16. The number of hydrogen-bond donors (Lipinski definition) is 0. The molecule has 0 saturated heterocycles. The molecule has 0 aliphatic rings. The first-order chi connectivity index (χ1) is 23.6. The first-order valence-electron chi connectivity index (χ1n) is 17.1. The summed E-state index contributed by atoms with van der Waals surface area (Å²) < 4.78 is 15.4. The highest BCUT2D eigenvalue weighted by Crippen LogP contribution is 2.45. The fourth-order valence-electron chi connectivity index (χ4n) is 7.41. The number of benzene rings is 7. The summed E-state index contributed by atoms with van der Waals surface area (Å²) in [5, 5.41) is 9.44. The van der Waals surface area contributed by atoms with Crippen molar-refractivity contribution in [3.05, 3.63) is 157 Å². The van der Waals surface area contributed by atoms with Gasteiger partial charge in [0.2, 0.25) is 0 Å². The fourth-order valence-corrected chi connectivity index (χ4v) is 10.1. The second kappa shape index (κ2) is 12.5. The van der Waals surface area contributed by atoms with E-state index in [2.05, 4.69) is 92.7 Å². The van der Waals surface area contributed by atoms with Crippen LogP contribution in [0.4, 0.5) is 0 Å². The second-order valence-corrected chi connectivity index (χ2v) is 15.6. The van der Waals surface area contributed by atoms with Crippen LogP contribution in [0.5, 0.6) is 0 Å². The number of rotatable bonds is 8. The maximum absolute atomic E-state index is 15.4. The van der Waals surface area contributed by atoms with Crippen LogP contribution in [-0.2, 0) is 17.4 Å². The lowest BCUT2D eigenvalue weighted by Gasteiger charge is -2.21. The van der Waals surface area contributed by atoms with Gasteiger partial charge in [-0.3, -0.25) is 0 Å². The van der Waals surface area contributed by atoms with E-state index in [0.29, 0.717) is 0 Å². The van der Waals surface area contributed by atoms with Gasteiger partial charge in [-0.05, 0) is 46.4 Å². The summed E-state index contributed by atoms with van der Waals surface area (Å²) >= 11 is 0. The molecule has 8 aromatic rings. The summed E-state index contributed by atoms with van der Waals surface area (Å²) in [6.45, 7) is 4.45. The lowest BCUT2D eigenvalue weighted by Crippen LogP contribution is -2.25. The van der Waals surface area contributed by atoms with Gasteiger partial charge in [-0.25, -0.2) is 4.98 Å². The van der Waals surface area contributed by atoms with Crippen LogP contribution in [0.2, 0.25) is 0 Å². The number of aromatic nitrogens is 1. The molecule has 1 aromatic heterocycles. The van der Waals surface area contributed by atoms with Gasteiger partial charge in [-0.1, -0.05) is 166 Å². The Morgan fingerprint density at radius 3 is 1.46 bits per heavy atom. The van der Waals surface area contributed by atoms with E-state index in [0.717, 1.165) is 85.3 Å². The Kier molecular flexibility index (Phi) is 7.91. The third-order valence-corrected chi connectivity index (χ3v) is 12.7. The summed E-state index contributed by atoms with van der Waals surface area (Å²) in [6.07, 6.45) is 4.35. The van der Waals surface area contributed by atoms with Crippen molar-refractivity contribution in [3.63, 3.8) is 0 Å². The molecule has 8 rings (SSSR count). The zero-order valence-corrected chi connectivity index (χ0v) is 28.4. The highest BCUT2D eigenvalue weighted by molar-refractivity contribution is 7.85. The van der Waals surface area contributed by atoms with Gasteiger partial charge in [0.25, 0.3) is 0 Å². The summed E-state index contributed by atoms with van der Waals surface area (Å²) in [5.74, 6) is 0. The van der Waals surface area contributed by atoms with Gasteiger partial charge in [0.15, 0.2) is 7.14 Å². The first kappa shape index (κ1) is 30.3. The smallest absolute Gasteiger partial charge is 0.171 e. The van der Waals surface area contributed by atoms with Gasteiger partial charge in [-0.2, -0.15) is 0 Å². The standard InChI is InChI=1S/C45H38NOP/c1-3-12-31-20-24-39-33(28-31)22-26-41-43(42-27-23-34-29-32(13-4-2)21-25-40(34)45(42)46-44(39)41)35-14-11-19-38(30-35)48(47,36-15-7-5-8-16-36)37-17-9-6-10-18-37/h5-11,14-30H,3-4,12-13H2,1-2H3. The van der Waals surface area contributed by atoms with Gasteiger partial charge in [0, 0.05) is 43.0 Å². The van der Waals surface area contributed by atoms with E-state index in [1.807, 2.05) is 66.7 Å². The van der Waals surface area contributed by atoms with Crippen LogP contribution in [0.25, 0.3) is 54.5 Å². The molecule has 48 heavy (non-hydrogen) atoms. The third-order valence-electron chi connectivity index (χ3n) is 9.69. The maximum atomic E-state index is 15.4. The molecule has 0 spiro atoms. The SMILES string of the molecule is CCCc1ccc2c(ccc3c(-c4cccc(P(=O)(c5ccccc5)c5ccccc5)c4)c4ccc5cc(CCC)ccc5c4nc32)c1. The van der Waals surface area contributed by atoms with E-state index in [-0.39, 0.29) is 0 Å². The van der Waals surface area contributed by atoms with Crippen LogP contribution in [-0.4, -0.2) is 4.98 Å². The molecule has 0 saturated carbocycles. The van der Waals surface area contributed by atoms with Crippen LogP contribution >= 0.6 is 7.14 Å². The monoisotopic (exact) mass is 639 g/mol. The first-order valence-corrected chi connectivity index (χ1v) is 18.8. The minimum atomic E-state index is -3.16. The molecule has 0 unspecified atom stereocenters. The minimum absolute atomic E-state index is 0.825. The third kappa shape index (κ3) is 5.13. The van der Waals surface area contributed by atoms with Crippen LogP contribution < -0.4 is 15.9 Å². The van der Waals surface area contributed by atoms with E-state index in [4.69, 9.17) is 4.98 Å². The predicted molar refractivity (Wildman–Crippen MR) is 207 cm³/mol. The molecule has 234 valence electrons. The molecule has 1 heterocycles. The molecular weight excluding hydrogens is 601 g/mol. The van der Waals surface area contributed by atoms with Gasteiger partial charge >= 0.3 is 0 Å². The number of fused-ring (bicyclic) bond motifs is 6. The predicted octanol–water partition coefficient (Wildman–Crippen LogP) is 10.9. The topological polar surface area (TPSA) is 30.0 Å². The summed E-state index contributed by atoms with van der Waals surface area (Å²) in [4.78, 5) is 5.48. The van der Waals surface area contributed by atoms with Crippen molar-refractivity contribution in [3.8, 4) is 11.1 Å². The number of hydrogen-bond acceptors (Lipinski definition) is 2. The molecule has 3 heteroatoms. The molecule has 2 nitrogen and oxygen atoms in total. The van der Waals surface area contributed by atoms with Crippen LogP contribution in [0, 0.1) is 0 Å². The van der Waals surface area contributed by atoms with E-state index < -0.39 is 7.14 Å². The van der Waals surface area contributed by atoms with Crippen LogP contribution in [0.15, 0.2) is 146 Å². The summed E-state index contributed by atoms with van der Waals surface area (Å²) in [5.41, 5.74) is 6.88. The van der Waals surface area contributed by atoms with E-state index in [9.17, 15) is 0 Å². The zero-order chi connectivity index (χ0) is 32.7. The Labute approximate surface area is 282 Å². The second-order valence-electron chi connectivity index (χ2n) is 12.9. The Hall–Kier alpha value is -5.04. The lowest BCUT2D eigenvalue weighted by molar-refractivity contribution is 0.592. The molecule has 0 amide bonds. The van der Waals surface area contributed by atoms with E-state index in [1.165, 1.54) is 21.9 Å². The van der Waals surface area contributed by atoms with Gasteiger partial charge in [0.1, 0.15) is 0 Å². The number of aryl methyl sites for hydroxylation is 2. The zero-order valence-electron chi connectivity index (χ0n) is 27.5. The molecule has 0 bridgehead atoms. The largest absolute Gasteiger partial charge is 0.309 e. The van der Waals surface area contributed by atoms with E-state index in [1.54, 1.807) is 0 Å². The molecule has 7 aromatic carbocycles. The molecule has 0 atom stereocenters. The maximum Gasteiger partial charge on any atom is 0.171 e. The molecule has 0 aliphatic carbocycles. The Bertz CT molecular complexity index is 2360. The molecule has 0 fully saturated rings. The quantitative estimate of drug-likeness (QED) is 0.0941. The highest BCUT2D eigenvalue weighted by Gasteiger charge is 2.30. The molecular formula is C45H38NOP. The van der Waals surface area contributed by atoms with Gasteiger partial charge in [-0.15, -0.1) is 0 Å². The van der Waals surface area contributed by atoms with Crippen molar-refractivity contribution < 1.29 is 4.57 Å². The molecule has 0 N–H and O–H groups in total. The van der Waals surface area contributed by atoms with Crippen molar-refractivity contribution in [1.29, 1.82) is 0 Å². The fraction of sp³-hybridized carbons (Fsp3) is 0.133. The van der Waals surface area contributed by atoms with Crippen LogP contribution in [0.1, 0.15) is 37.8 Å². The van der Waals surface area contributed by atoms with Crippen molar-refractivity contribution in [2.45, 2.75) is 39.5 Å². The number of pyridine rings is 1. The average molecular weight is 640 g/mol. The molecule has 0 aliphatic heterocycles. The average Bonchev–Trinajstić information content (AvgIpc) is 3.14. The molecule has 0 radical (unpaired) electrons. The van der Waals surface area contributed by atoms with Crippen molar-refractivity contribution in [1.82, 2.24) is 4.98 Å². The Balaban J connectivity index is 1.44. The van der Waals surface area contributed by atoms with Crippen molar-refractivity contribution >= 4 is 66.4 Å². The van der Waals surface area contributed by atoms with E-state index >= 15 is 4.57 Å². The van der Waals surface area contributed by atoms with Gasteiger partial charge in [0.05, 0.1) is 11.0 Å². The van der Waals surface area contributed by atoms with Crippen LogP contribution in [0.3, 0.4) is 0 Å². The van der Waals surface area contributed by atoms with Gasteiger partial charge < -0.3 is 4.57 Å².